The molecule has 0 aromatic carbocycles. The fraction of sp³-hybridized carbons (Fsp3) is 0.894. The molecule has 1 aliphatic heterocycles. The summed E-state index contributed by atoms with van der Waals surface area (Å²) >= 11 is 0. The highest BCUT2D eigenvalue weighted by Gasteiger charge is 2.48. The van der Waals surface area contributed by atoms with Gasteiger partial charge in [0.1, 0.15) is 30.5 Å². The molecule has 0 radical (unpaired) electrons. The molecule has 0 aromatic rings. The summed E-state index contributed by atoms with van der Waals surface area (Å²) < 4.78 is 59.1. The van der Waals surface area contributed by atoms with E-state index < -0.39 is 59.8 Å². The summed E-state index contributed by atoms with van der Waals surface area (Å²) in [7, 11) is -5.06. The lowest BCUT2D eigenvalue weighted by molar-refractivity contribution is -0.301. The van der Waals surface area contributed by atoms with Crippen LogP contribution in [0.1, 0.15) is 206 Å². The van der Waals surface area contributed by atoms with Crippen molar-refractivity contribution in [1.29, 1.82) is 0 Å². The third-order valence-corrected chi connectivity index (χ3v) is 11.5. The summed E-state index contributed by atoms with van der Waals surface area (Å²) in [6, 6.07) is 0. The van der Waals surface area contributed by atoms with Gasteiger partial charge in [0.2, 0.25) is 0 Å². The van der Waals surface area contributed by atoms with Crippen molar-refractivity contribution in [3.8, 4) is 0 Å². The van der Waals surface area contributed by atoms with E-state index in [0.717, 1.165) is 44.9 Å². The van der Waals surface area contributed by atoms with Gasteiger partial charge in [-0.05, 0) is 44.9 Å². The number of rotatable bonds is 42. The Labute approximate surface area is 365 Å². The Hall–Kier alpha value is -1.42. The minimum Gasteiger partial charge on any atom is -0.457 e. The number of carbonyl (C=O) groups excluding carboxylic acids is 1. The third-order valence-electron chi connectivity index (χ3n) is 11.1. The normalized spacial score (nSPS) is 20.4. The van der Waals surface area contributed by atoms with Gasteiger partial charge in [0, 0.05) is 13.0 Å². The molecule has 6 atom stereocenters. The second-order valence-electron chi connectivity index (χ2n) is 16.7. The summed E-state index contributed by atoms with van der Waals surface area (Å²) in [6.45, 7) is 3.98. The molecule has 12 nitrogen and oxygen atoms in total. The molecule has 0 saturated carbocycles. The number of hydrogen-bond acceptors (Lipinski definition) is 11. The van der Waals surface area contributed by atoms with E-state index in [1.54, 1.807) is 0 Å². The standard InChI is InChI=1S/C47H88O12S/c1-3-5-7-9-11-13-15-17-18-19-20-21-22-23-25-27-29-31-33-35-37-55-39-41(40-56-47-45(51)46(59-60(52,53)54)44(50)42(38-48)58-47)57-43(49)36-34-32-30-28-26-24-16-14-12-10-8-6-4-2/h11,13,17-18,41-42,44-48,50-51H,3-10,12,14-16,19-40H2,1-2H3,(H,52,53,54)/b13-11-,18-17-. The highest BCUT2D eigenvalue weighted by atomic mass is 32.3. The van der Waals surface area contributed by atoms with Crippen molar-refractivity contribution in [1.82, 2.24) is 0 Å². The Bertz CT molecular complexity index is 1150. The van der Waals surface area contributed by atoms with Gasteiger partial charge in [-0.1, -0.05) is 179 Å². The van der Waals surface area contributed by atoms with Gasteiger partial charge in [0.05, 0.1) is 19.8 Å². The van der Waals surface area contributed by atoms with Gasteiger partial charge in [-0.15, -0.1) is 0 Å². The summed E-state index contributed by atoms with van der Waals surface area (Å²) in [4.78, 5) is 12.8. The van der Waals surface area contributed by atoms with Crippen LogP contribution in [0, 0.1) is 0 Å². The van der Waals surface area contributed by atoms with Crippen LogP contribution in [0.15, 0.2) is 24.3 Å². The zero-order valence-electron chi connectivity index (χ0n) is 37.8. The molecule has 0 spiro atoms. The summed E-state index contributed by atoms with van der Waals surface area (Å²) in [5.41, 5.74) is 0. The van der Waals surface area contributed by atoms with Crippen LogP contribution in [0.2, 0.25) is 0 Å². The Morgan fingerprint density at radius 2 is 1.10 bits per heavy atom. The Morgan fingerprint density at radius 3 is 1.62 bits per heavy atom. The number of allylic oxidation sites excluding steroid dienone is 4. The number of aliphatic hydroxyl groups is 3. The van der Waals surface area contributed by atoms with Gasteiger partial charge in [-0.25, -0.2) is 4.18 Å². The maximum absolute atomic E-state index is 12.8. The summed E-state index contributed by atoms with van der Waals surface area (Å²) in [5.74, 6) is -0.398. The van der Waals surface area contributed by atoms with E-state index in [9.17, 15) is 28.5 Å². The second-order valence-corrected chi connectivity index (χ2v) is 17.8. The van der Waals surface area contributed by atoms with Crippen LogP contribution in [0.25, 0.3) is 0 Å². The summed E-state index contributed by atoms with van der Waals surface area (Å²) in [5, 5.41) is 30.7. The molecular formula is C47H88O12S. The molecular weight excluding hydrogens is 789 g/mol. The highest BCUT2D eigenvalue weighted by Crippen LogP contribution is 2.26. The Kier molecular flexibility index (Phi) is 37.0. The van der Waals surface area contributed by atoms with E-state index in [0.29, 0.717) is 13.0 Å². The second kappa shape index (κ2) is 39.2. The van der Waals surface area contributed by atoms with Crippen molar-refractivity contribution in [2.75, 3.05) is 26.4 Å². The maximum atomic E-state index is 12.8. The minimum absolute atomic E-state index is 0.0378. The van der Waals surface area contributed by atoms with Gasteiger partial charge in [0.25, 0.3) is 0 Å². The van der Waals surface area contributed by atoms with Crippen LogP contribution >= 0.6 is 0 Å². The zero-order chi connectivity index (χ0) is 43.9. The van der Waals surface area contributed by atoms with Gasteiger partial charge in [-0.3, -0.25) is 9.35 Å². The van der Waals surface area contributed by atoms with E-state index in [-0.39, 0.29) is 19.6 Å². The van der Waals surface area contributed by atoms with Crippen molar-refractivity contribution in [3.63, 3.8) is 0 Å². The van der Waals surface area contributed by atoms with Gasteiger partial charge < -0.3 is 34.3 Å². The lowest BCUT2D eigenvalue weighted by Crippen LogP contribution is -2.60. The fourth-order valence-corrected chi connectivity index (χ4v) is 7.92. The molecule has 0 aromatic heterocycles. The smallest absolute Gasteiger partial charge is 0.397 e. The first-order chi connectivity index (χ1) is 29.1. The van der Waals surface area contributed by atoms with E-state index in [1.165, 1.54) is 135 Å². The fourth-order valence-electron chi connectivity index (χ4n) is 7.41. The van der Waals surface area contributed by atoms with Gasteiger partial charge >= 0.3 is 16.4 Å². The SMILES string of the molecule is CCCCC/C=C\C/C=C\CCCCCCCCCCCCOCC(COC1OC(CO)C(O)C(OS(=O)(=O)O)C1O)OC(=O)CCCCCCCCCCCCCCC. The molecule has 6 unspecified atom stereocenters. The molecule has 1 fully saturated rings. The van der Waals surface area contributed by atoms with Gasteiger partial charge in [-0.2, -0.15) is 8.42 Å². The molecule has 0 amide bonds. The molecule has 0 bridgehead atoms. The monoisotopic (exact) mass is 877 g/mol. The van der Waals surface area contributed by atoms with Crippen molar-refractivity contribution < 1.29 is 56.2 Å². The van der Waals surface area contributed by atoms with Crippen LogP contribution in [0.3, 0.4) is 0 Å². The minimum atomic E-state index is -5.06. The molecule has 1 rings (SSSR count). The highest BCUT2D eigenvalue weighted by molar-refractivity contribution is 7.80. The molecule has 1 heterocycles. The first-order valence-corrected chi connectivity index (χ1v) is 25.5. The molecule has 1 saturated heterocycles. The first-order valence-electron chi connectivity index (χ1n) is 24.1. The molecule has 354 valence electrons. The first kappa shape index (κ1) is 56.6. The maximum Gasteiger partial charge on any atom is 0.397 e. The Morgan fingerprint density at radius 1 is 0.633 bits per heavy atom. The number of unbranched alkanes of at least 4 members (excludes halogenated alkanes) is 25. The van der Waals surface area contributed by atoms with Crippen molar-refractivity contribution >= 4 is 16.4 Å². The number of aliphatic hydroxyl groups excluding tert-OH is 3. The van der Waals surface area contributed by atoms with Crippen LogP contribution < -0.4 is 0 Å². The van der Waals surface area contributed by atoms with Crippen molar-refractivity contribution in [2.24, 2.45) is 0 Å². The number of carbonyl (C=O) groups is 1. The van der Waals surface area contributed by atoms with Crippen LogP contribution in [-0.4, -0.2) is 97.5 Å². The lowest BCUT2D eigenvalue weighted by Gasteiger charge is -2.41. The van der Waals surface area contributed by atoms with Gasteiger partial charge in [0.15, 0.2) is 6.29 Å². The number of esters is 1. The van der Waals surface area contributed by atoms with E-state index in [4.69, 9.17) is 23.5 Å². The molecule has 0 aliphatic carbocycles. The third kappa shape index (κ3) is 32.3. The number of ether oxygens (including phenoxy) is 4. The zero-order valence-corrected chi connectivity index (χ0v) is 38.6. The quantitative estimate of drug-likeness (QED) is 0.0198. The van der Waals surface area contributed by atoms with E-state index >= 15 is 0 Å². The van der Waals surface area contributed by atoms with Crippen LogP contribution in [0.4, 0.5) is 0 Å². The predicted molar refractivity (Wildman–Crippen MR) is 239 cm³/mol. The van der Waals surface area contributed by atoms with E-state index in [1.807, 2.05) is 0 Å². The average molecular weight is 877 g/mol. The summed E-state index contributed by atoms with van der Waals surface area (Å²) in [6.07, 6.45) is 34.9. The molecule has 13 heteroatoms. The largest absolute Gasteiger partial charge is 0.457 e. The number of hydrogen-bond donors (Lipinski definition) is 4. The van der Waals surface area contributed by atoms with Crippen LogP contribution in [0.5, 0.6) is 0 Å². The van der Waals surface area contributed by atoms with Crippen molar-refractivity contribution in [3.05, 3.63) is 24.3 Å². The van der Waals surface area contributed by atoms with Crippen molar-refractivity contribution in [2.45, 2.75) is 243 Å². The lowest BCUT2D eigenvalue weighted by atomic mass is 9.99. The Balaban J connectivity index is 2.37. The van der Waals surface area contributed by atoms with E-state index in [2.05, 4.69) is 42.3 Å². The topological polar surface area (TPSA) is 178 Å². The van der Waals surface area contributed by atoms with Crippen LogP contribution in [-0.2, 0) is 38.3 Å². The average Bonchev–Trinajstić information content (AvgIpc) is 3.22. The predicted octanol–water partition coefficient (Wildman–Crippen LogP) is 10.4. The molecule has 1 aliphatic rings. The molecule has 4 N–H and O–H groups in total. The molecule has 60 heavy (non-hydrogen) atoms.